The van der Waals surface area contributed by atoms with Gasteiger partial charge in [0, 0.05) is 5.69 Å². The first-order valence-electron chi connectivity index (χ1n) is 8.09. The average Bonchev–Trinajstić information content (AvgIpc) is 2.64. The van der Waals surface area contributed by atoms with Crippen molar-refractivity contribution >= 4 is 23.2 Å². The average molecular weight is 343 g/mol. The molecule has 0 bridgehead atoms. The molecular formula is C20H17N5O. The Balaban J connectivity index is 1.58. The molecule has 0 aliphatic heterocycles. The third-order valence-corrected chi connectivity index (χ3v) is 3.67. The fourth-order valence-electron chi connectivity index (χ4n) is 2.44. The van der Waals surface area contributed by atoms with Crippen LogP contribution in [0.5, 0.6) is 0 Å². The van der Waals surface area contributed by atoms with E-state index >= 15 is 0 Å². The van der Waals surface area contributed by atoms with Gasteiger partial charge in [-0.1, -0.05) is 29.8 Å². The molecular weight excluding hydrogens is 326 g/mol. The minimum atomic E-state index is -0.141. The fraction of sp³-hybridized carbons (Fsp3) is 0.100. The molecule has 0 atom stereocenters. The summed E-state index contributed by atoms with van der Waals surface area (Å²) >= 11 is 0. The number of carbonyl (C=O) groups excluding carboxylic acids is 1. The van der Waals surface area contributed by atoms with Gasteiger partial charge in [-0.3, -0.25) is 4.79 Å². The van der Waals surface area contributed by atoms with Crippen LogP contribution in [0.25, 0.3) is 0 Å². The van der Waals surface area contributed by atoms with Crippen molar-refractivity contribution in [3.8, 4) is 6.07 Å². The van der Waals surface area contributed by atoms with Gasteiger partial charge in [0.15, 0.2) is 11.6 Å². The Bertz CT molecular complexity index is 943. The number of carbonyl (C=O) groups is 1. The van der Waals surface area contributed by atoms with Crippen LogP contribution in [0.4, 0.5) is 17.3 Å². The van der Waals surface area contributed by atoms with E-state index < -0.39 is 0 Å². The molecule has 0 saturated heterocycles. The van der Waals surface area contributed by atoms with Gasteiger partial charge in [0.1, 0.15) is 0 Å². The maximum atomic E-state index is 12.1. The molecule has 3 aromatic rings. The zero-order valence-electron chi connectivity index (χ0n) is 14.2. The quantitative estimate of drug-likeness (QED) is 0.739. The summed E-state index contributed by atoms with van der Waals surface area (Å²) in [4.78, 5) is 12.1. The Hall–Kier alpha value is -3.72. The Morgan fingerprint density at radius 2 is 1.77 bits per heavy atom. The van der Waals surface area contributed by atoms with Crippen molar-refractivity contribution in [1.29, 1.82) is 5.26 Å². The SMILES string of the molecule is Cc1cccc(CC(=O)Nc2ccc(Nc3ccc(C#N)cc3)nn2)c1. The molecule has 0 spiro atoms. The fourth-order valence-corrected chi connectivity index (χ4v) is 2.44. The van der Waals surface area contributed by atoms with Crippen LogP contribution in [0.15, 0.2) is 60.7 Å². The van der Waals surface area contributed by atoms with E-state index in [1.807, 2.05) is 31.2 Å². The summed E-state index contributed by atoms with van der Waals surface area (Å²) < 4.78 is 0. The Kier molecular flexibility index (Phi) is 5.20. The molecule has 0 aliphatic carbocycles. The van der Waals surface area contributed by atoms with Crippen molar-refractivity contribution in [2.75, 3.05) is 10.6 Å². The molecule has 6 nitrogen and oxygen atoms in total. The van der Waals surface area contributed by atoms with Gasteiger partial charge in [-0.2, -0.15) is 5.26 Å². The molecule has 128 valence electrons. The molecule has 0 fully saturated rings. The van der Waals surface area contributed by atoms with Crippen molar-refractivity contribution in [2.45, 2.75) is 13.3 Å². The van der Waals surface area contributed by atoms with E-state index in [9.17, 15) is 4.79 Å². The molecule has 0 unspecified atom stereocenters. The lowest BCUT2D eigenvalue weighted by Gasteiger charge is -2.07. The molecule has 1 amide bonds. The minimum absolute atomic E-state index is 0.141. The smallest absolute Gasteiger partial charge is 0.229 e. The standard InChI is InChI=1S/C20H17N5O/c1-14-3-2-4-16(11-14)12-20(26)23-19-10-9-18(24-25-19)22-17-7-5-15(13-21)6-8-17/h2-11H,12H2,1H3,(H,22,24)(H,23,25,26). The second-order valence-electron chi connectivity index (χ2n) is 5.83. The van der Waals surface area contributed by atoms with Gasteiger partial charge < -0.3 is 10.6 Å². The third-order valence-electron chi connectivity index (χ3n) is 3.67. The first-order valence-corrected chi connectivity index (χ1v) is 8.09. The summed E-state index contributed by atoms with van der Waals surface area (Å²) in [6.45, 7) is 1.99. The van der Waals surface area contributed by atoms with Crippen molar-refractivity contribution in [3.63, 3.8) is 0 Å². The maximum absolute atomic E-state index is 12.1. The number of aryl methyl sites for hydroxylation is 1. The monoisotopic (exact) mass is 343 g/mol. The summed E-state index contributed by atoms with van der Waals surface area (Å²) in [6, 6.07) is 20.3. The van der Waals surface area contributed by atoms with Crippen LogP contribution in [-0.4, -0.2) is 16.1 Å². The summed E-state index contributed by atoms with van der Waals surface area (Å²) in [5, 5.41) is 22.7. The highest BCUT2D eigenvalue weighted by Gasteiger charge is 2.06. The van der Waals surface area contributed by atoms with Gasteiger partial charge in [0.25, 0.3) is 0 Å². The molecule has 1 heterocycles. The number of anilines is 3. The lowest BCUT2D eigenvalue weighted by molar-refractivity contribution is -0.115. The number of aromatic nitrogens is 2. The van der Waals surface area contributed by atoms with Crippen LogP contribution in [0, 0.1) is 18.3 Å². The predicted octanol–water partition coefficient (Wildman–Crippen LogP) is 3.58. The number of nitriles is 1. The van der Waals surface area contributed by atoms with Crippen LogP contribution in [0.3, 0.4) is 0 Å². The number of amides is 1. The van der Waals surface area contributed by atoms with Gasteiger partial charge >= 0.3 is 0 Å². The molecule has 3 rings (SSSR count). The molecule has 0 aliphatic rings. The Morgan fingerprint density at radius 1 is 1.04 bits per heavy atom. The van der Waals surface area contributed by atoms with Crippen molar-refractivity contribution in [2.24, 2.45) is 0 Å². The second kappa shape index (κ2) is 7.90. The normalized spacial score (nSPS) is 10.0. The van der Waals surface area contributed by atoms with Crippen LogP contribution in [-0.2, 0) is 11.2 Å². The van der Waals surface area contributed by atoms with Gasteiger partial charge in [-0.25, -0.2) is 0 Å². The topological polar surface area (TPSA) is 90.7 Å². The molecule has 2 aromatic carbocycles. The third kappa shape index (κ3) is 4.65. The number of nitrogens with one attached hydrogen (secondary N) is 2. The molecule has 26 heavy (non-hydrogen) atoms. The summed E-state index contributed by atoms with van der Waals surface area (Å²) in [5.41, 5.74) is 3.46. The second-order valence-corrected chi connectivity index (χ2v) is 5.83. The van der Waals surface area contributed by atoms with Crippen molar-refractivity contribution in [1.82, 2.24) is 10.2 Å². The zero-order valence-corrected chi connectivity index (χ0v) is 14.2. The van der Waals surface area contributed by atoms with Crippen molar-refractivity contribution < 1.29 is 4.79 Å². The number of nitrogens with zero attached hydrogens (tertiary/aromatic N) is 3. The van der Waals surface area contributed by atoms with Gasteiger partial charge in [0.05, 0.1) is 18.1 Å². The van der Waals surface area contributed by atoms with E-state index in [0.29, 0.717) is 17.2 Å². The summed E-state index contributed by atoms with van der Waals surface area (Å²) in [5.74, 6) is 0.803. The molecule has 0 radical (unpaired) electrons. The highest BCUT2D eigenvalue weighted by Crippen LogP contribution is 2.15. The van der Waals surface area contributed by atoms with E-state index in [1.54, 1.807) is 36.4 Å². The minimum Gasteiger partial charge on any atom is -0.339 e. The van der Waals surface area contributed by atoms with Gasteiger partial charge in [-0.05, 0) is 48.9 Å². The molecule has 1 aromatic heterocycles. The molecule has 2 N–H and O–H groups in total. The lowest BCUT2D eigenvalue weighted by atomic mass is 10.1. The van der Waals surface area contributed by atoms with E-state index in [-0.39, 0.29) is 12.3 Å². The number of hydrogen-bond acceptors (Lipinski definition) is 5. The van der Waals surface area contributed by atoms with Gasteiger partial charge in [0.2, 0.25) is 5.91 Å². The number of rotatable bonds is 5. The highest BCUT2D eigenvalue weighted by atomic mass is 16.1. The molecule has 0 saturated carbocycles. The summed E-state index contributed by atoms with van der Waals surface area (Å²) in [7, 11) is 0. The van der Waals surface area contributed by atoms with Crippen LogP contribution in [0.1, 0.15) is 16.7 Å². The van der Waals surface area contributed by atoms with E-state index in [1.165, 1.54) is 0 Å². The van der Waals surface area contributed by atoms with Crippen LogP contribution in [0.2, 0.25) is 0 Å². The largest absolute Gasteiger partial charge is 0.339 e. The van der Waals surface area contributed by atoms with E-state index in [0.717, 1.165) is 16.8 Å². The first-order chi connectivity index (χ1) is 12.6. The van der Waals surface area contributed by atoms with E-state index in [4.69, 9.17) is 5.26 Å². The molecule has 6 heteroatoms. The van der Waals surface area contributed by atoms with Crippen molar-refractivity contribution in [3.05, 3.63) is 77.4 Å². The highest BCUT2D eigenvalue weighted by molar-refractivity contribution is 5.91. The Labute approximate surface area is 151 Å². The van der Waals surface area contributed by atoms with Crippen LogP contribution >= 0.6 is 0 Å². The lowest BCUT2D eigenvalue weighted by Crippen LogP contribution is -2.15. The zero-order chi connectivity index (χ0) is 18.4. The number of hydrogen-bond donors (Lipinski definition) is 2. The number of benzene rings is 2. The van der Waals surface area contributed by atoms with E-state index in [2.05, 4.69) is 26.9 Å². The van der Waals surface area contributed by atoms with Gasteiger partial charge in [-0.15, -0.1) is 10.2 Å². The predicted molar refractivity (Wildman–Crippen MR) is 100.0 cm³/mol. The summed E-state index contributed by atoms with van der Waals surface area (Å²) in [6.07, 6.45) is 0.286. The first kappa shape index (κ1) is 17.1. The van der Waals surface area contributed by atoms with Crippen LogP contribution < -0.4 is 10.6 Å². The Morgan fingerprint density at radius 3 is 2.42 bits per heavy atom. The maximum Gasteiger partial charge on any atom is 0.229 e.